The zero-order chi connectivity index (χ0) is 31.4. The average molecular weight is 630 g/mol. The number of hydrogen-bond acceptors (Lipinski definition) is 7. The van der Waals surface area contributed by atoms with Crippen LogP contribution in [0.5, 0.6) is 0 Å². The van der Waals surface area contributed by atoms with Crippen LogP contribution in [0.15, 0.2) is 24.5 Å². The fourth-order valence-electron chi connectivity index (χ4n) is 5.03. The number of rotatable bonds is 31. The van der Waals surface area contributed by atoms with Gasteiger partial charge in [-0.15, -0.1) is 0 Å². The lowest BCUT2D eigenvalue weighted by Crippen LogP contribution is -2.32. The molecule has 0 bridgehead atoms. The molecule has 43 heavy (non-hydrogen) atoms. The molecule has 0 spiro atoms. The van der Waals surface area contributed by atoms with Gasteiger partial charge < -0.3 is 19.3 Å². The summed E-state index contributed by atoms with van der Waals surface area (Å²) in [5.41, 5.74) is 1.18. The predicted molar refractivity (Wildman–Crippen MR) is 177 cm³/mol. The summed E-state index contributed by atoms with van der Waals surface area (Å²) in [6.45, 7) is 6.82. The first-order valence-corrected chi connectivity index (χ1v) is 18.8. The summed E-state index contributed by atoms with van der Waals surface area (Å²) in [6, 6.07) is 4.21. The number of unbranched alkanes of at least 4 members (excludes halogenated alkanes) is 16. The minimum absolute atomic E-state index is 0.0236. The third kappa shape index (κ3) is 24.1. The van der Waals surface area contributed by atoms with E-state index in [1.165, 1.54) is 89.2 Å². The largest absolute Gasteiger partial charge is 0.606 e. The summed E-state index contributed by atoms with van der Waals surface area (Å²) in [7, 11) is -0.0383. The lowest BCUT2D eigenvalue weighted by Gasteiger charge is -2.23. The molecular formula is C34H66N2O6P+. The summed E-state index contributed by atoms with van der Waals surface area (Å²) in [5, 5.41) is 0. The molecule has 2 atom stereocenters. The van der Waals surface area contributed by atoms with Gasteiger partial charge in [-0.25, -0.2) is 4.57 Å². The van der Waals surface area contributed by atoms with E-state index in [-0.39, 0.29) is 19.3 Å². The van der Waals surface area contributed by atoms with E-state index in [2.05, 4.69) is 40.9 Å². The van der Waals surface area contributed by atoms with Crippen molar-refractivity contribution in [2.75, 3.05) is 52.0 Å². The number of hydrogen-bond donors (Lipinski definition) is 1. The summed E-state index contributed by atoms with van der Waals surface area (Å²) in [6.07, 6.45) is 26.2. The van der Waals surface area contributed by atoms with Crippen molar-refractivity contribution >= 4 is 13.9 Å². The van der Waals surface area contributed by atoms with Crippen molar-refractivity contribution in [3.8, 4) is 0 Å². The van der Waals surface area contributed by atoms with Crippen molar-refractivity contribution in [3.05, 3.63) is 24.5 Å². The van der Waals surface area contributed by atoms with Gasteiger partial charge in [-0.3, -0.25) is 0 Å². The van der Waals surface area contributed by atoms with E-state index in [1.54, 1.807) is 0 Å². The molecule has 0 aromatic carbocycles. The normalized spacial score (nSPS) is 13.7. The number of pyridine rings is 1. The second-order valence-electron chi connectivity index (χ2n) is 11.9. The molecule has 1 aromatic heterocycles. The molecule has 1 rings (SSSR count). The van der Waals surface area contributed by atoms with Gasteiger partial charge in [0.1, 0.15) is 19.3 Å². The maximum Gasteiger partial charge on any atom is 0.376 e. The topological polar surface area (TPSA) is 87.3 Å². The minimum Gasteiger partial charge on any atom is -0.606 e. The van der Waals surface area contributed by atoms with Gasteiger partial charge in [-0.2, -0.15) is 13.9 Å². The van der Waals surface area contributed by atoms with E-state index in [0.29, 0.717) is 19.8 Å². The Hall–Kier alpha value is -0.860. The van der Waals surface area contributed by atoms with Crippen molar-refractivity contribution < 1.29 is 32.9 Å². The molecule has 0 saturated carbocycles. The molecule has 1 heterocycles. The molecule has 0 aliphatic heterocycles. The Bertz CT molecular complexity index is 738. The van der Waals surface area contributed by atoms with Gasteiger partial charge >= 0.3 is 8.17 Å². The van der Waals surface area contributed by atoms with E-state index < -0.39 is 8.17 Å². The van der Waals surface area contributed by atoms with Crippen LogP contribution in [0.4, 0.5) is 5.69 Å². The van der Waals surface area contributed by atoms with Crippen LogP contribution in [0.3, 0.4) is 0 Å². The highest BCUT2D eigenvalue weighted by molar-refractivity contribution is 7.52. The SMILES string of the molecule is CCCCCCCCCCCCCCCCOC[C@H](CO[P+]([O-])(O)OCCCCCC[n+]1ccc(N(C)C)cc1)OCC. The third-order valence-corrected chi connectivity index (χ3v) is 8.71. The molecule has 0 aliphatic rings. The molecule has 1 N–H and O–H groups in total. The lowest BCUT2D eigenvalue weighted by molar-refractivity contribution is -0.697. The Labute approximate surface area is 265 Å². The van der Waals surface area contributed by atoms with Crippen molar-refractivity contribution in [2.24, 2.45) is 0 Å². The fourth-order valence-corrected chi connectivity index (χ4v) is 5.82. The van der Waals surface area contributed by atoms with Gasteiger partial charge in [0.15, 0.2) is 12.4 Å². The molecule has 8 nitrogen and oxygen atoms in total. The molecule has 0 radical (unpaired) electrons. The molecule has 9 heteroatoms. The summed E-state index contributed by atoms with van der Waals surface area (Å²) in [5.74, 6) is 0. The van der Waals surface area contributed by atoms with Crippen molar-refractivity contribution in [1.29, 1.82) is 0 Å². The van der Waals surface area contributed by atoms with E-state index in [1.807, 2.05) is 21.0 Å². The van der Waals surface area contributed by atoms with E-state index >= 15 is 0 Å². The lowest BCUT2D eigenvalue weighted by atomic mass is 10.0. The van der Waals surface area contributed by atoms with Crippen LogP contribution < -0.4 is 14.4 Å². The second kappa shape index (κ2) is 27.5. The van der Waals surface area contributed by atoms with E-state index in [0.717, 1.165) is 38.6 Å². The summed E-state index contributed by atoms with van der Waals surface area (Å²) >= 11 is 0. The Kier molecular flexibility index (Phi) is 25.6. The van der Waals surface area contributed by atoms with Gasteiger partial charge in [-0.05, 0) is 26.2 Å². The highest BCUT2D eigenvalue weighted by Crippen LogP contribution is 2.47. The molecule has 252 valence electrons. The summed E-state index contributed by atoms with van der Waals surface area (Å²) in [4.78, 5) is 24.5. The standard InChI is InChI=1S/C34H65N2O6P/c1-5-7-8-9-10-11-12-13-14-15-16-17-19-22-29-39-31-34(40-6-2)32-42-43(37,38)41-30-23-20-18-21-26-36-27-24-33(25-28-36)35(3)4/h24-25,27-28,34H,5-23,26,29-32H2,1-4H3/p+1/t34-/m1/s1. The molecule has 0 fully saturated rings. The zero-order valence-electron chi connectivity index (χ0n) is 28.2. The van der Waals surface area contributed by atoms with E-state index in [4.69, 9.17) is 18.5 Å². The second-order valence-corrected chi connectivity index (χ2v) is 13.4. The van der Waals surface area contributed by atoms with Crippen molar-refractivity contribution in [2.45, 2.75) is 142 Å². The first kappa shape index (κ1) is 40.2. The molecule has 1 unspecified atom stereocenters. The monoisotopic (exact) mass is 629 g/mol. The predicted octanol–water partition coefficient (Wildman–Crippen LogP) is 7.57. The van der Waals surface area contributed by atoms with Crippen LogP contribution in [0.2, 0.25) is 0 Å². The van der Waals surface area contributed by atoms with Crippen LogP contribution in [0, 0.1) is 0 Å². The van der Waals surface area contributed by atoms with Crippen molar-refractivity contribution in [1.82, 2.24) is 0 Å². The number of nitrogens with zero attached hydrogens (tertiary/aromatic N) is 2. The highest BCUT2D eigenvalue weighted by atomic mass is 31.2. The molecule has 0 aliphatic carbocycles. The Morgan fingerprint density at radius 1 is 0.721 bits per heavy atom. The van der Waals surface area contributed by atoms with Crippen LogP contribution in [0.25, 0.3) is 0 Å². The third-order valence-electron chi connectivity index (χ3n) is 7.73. The number of aromatic nitrogens is 1. The van der Waals surface area contributed by atoms with Gasteiger partial charge in [0.25, 0.3) is 0 Å². The van der Waals surface area contributed by atoms with Gasteiger partial charge in [0.2, 0.25) is 0 Å². The minimum atomic E-state index is -4.11. The summed E-state index contributed by atoms with van der Waals surface area (Å²) < 4.78 is 24.0. The van der Waals surface area contributed by atoms with Crippen LogP contribution >= 0.6 is 8.17 Å². The van der Waals surface area contributed by atoms with Crippen LogP contribution in [0.1, 0.15) is 129 Å². The average Bonchev–Trinajstić information content (AvgIpc) is 2.99. The Balaban J connectivity index is 1.99. The fraction of sp³-hybridized carbons (Fsp3) is 0.853. The molecule has 0 saturated heterocycles. The Morgan fingerprint density at radius 2 is 1.23 bits per heavy atom. The number of phosphoric acid groups is 1. The first-order valence-electron chi connectivity index (χ1n) is 17.4. The molecular weight excluding hydrogens is 563 g/mol. The maximum absolute atomic E-state index is 12.3. The molecule has 0 amide bonds. The highest BCUT2D eigenvalue weighted by Gasteiger charge is 2.29. The quantitative estimate of drug-likeness (QED) is 0.0515. The first-order chi connectivity index (χ1) is 20.9. The van der Waals surface area contributed by atoms with Crippen LogP contribution in [-0.4, -0.2) is 58.1 Å². The van der Waals surface area contributed by atoms with Crippen LogP contribution in [-0.2, 0) is 25.1 Å². The van der Waals surface area contributed by atoms with Crippen molar-refractivity contribution in [3.63, 3.8) is 0 Å². The van der Waals surface area contributed by atoms with Gasteiger partial charge in [0, 0.05) is 51.6 Å². The van der Waals surface area contributed by atoms with Gasteiger partial charge in [0.05, 0.1) is 13.2 Å². The molecule has 1 aromatic rings. The number of aryl methyl sites for hydroxylation is 1. The Morgan fingerprint density at radius 3 is 1.77 bits per heavy atom. The smallest absolute Gasteiger partial charge is 0.376 e. The van der Waals surface area contributed by atoms with Gasteiger partial charge in [-0.1, -0.05) is 96.8 Å². The van der Waals surface area contributed by atoms with E-state index in [9.17, 15) is 9.79 Å². The zero-order valence-corrected chi connectivity index (χ0v) is 29.1. The maximum atomic E-state index is 12.3. The number of ether oxygens (including phenoxy) is 2. The number of anilines is 1. The number of phosphoric ester groups is 1.